The number of aromatic nitrogens is 2. The van der Waals surface area contributed by atoms with E-state index in [4.69, 9.17) is 10.8 Å². The summed E-state index contributed by atoms with van der Waals surface area (Å²) in [5.74, 6) is 0.103. The van der Waals surface area contributed by atoms with Crippen LogP contribution in [-0.2, 0) is 6.54 Å². The number of nitrogen functional groups attached to an aromatic ring is 1. The van der Waals surface area contributed by atoms with Crippen molar-refractivity contribution in [2.75, 3.05) is 11.5 Å². The molecule has 5 nitrogen and oxygen atoms in total. The number of nitrogens with zero attached hydrogens (tertiary/aromatic N) is 2. The standard InChI is InChI=1S/C7H9N3O2S/c8-5-4(6(11)12)10-2-1-3-13-7(10)9-5/h1-3,8H2,(H,11,12). The van der Waals surface area contributed by atoms with Gasteiger partial charge in [-0.3, -0.25) is 0 Å². The van der Waals surface area contributed by atoms with Crippen molar-refractivity contribution in [3.05, 3.63) is 5.69 Å². The smallest absolute Gasteiger partial charge is 0.356 e. The van der Waals surface area contributed by atoms with Gasteiger partial charge in [-0.15, -0.1) is 0 Å². The molecule has 70 valence electrons. The van der Waals surface area contributed by atoms with E-state index in [-0.39, 0.29) is 11.5 Å². The highest BCUT2D eigenvalue weighted by Crippen LogP contribution is 2.28. The quantitative estimate of drug-likeness (QED) is 0.694. The van der Waals surface area contributed by atoms with Gasteiger partial charge in [-0.25, -0.2) is 9.78 Å². The second-order valence-electron chi connectivity index (χ2n) is 2.79. The number of rotatable bonds is 1. The predicted molar refractivity (Wildman–Crippen MR) is 48.9 cm³/mol. The predicted octanol–water partition coefficient (Wildman–Crippen LogP) is 0.659. The van der Waals surface area contributed by atoms with Gasteiger partial charge in [0.1, 0.15) is 0 Å². The van der Waals surface area contributed by atoms with Gasteiger partial charge in [-0.05, 0) is 6.42 Å². The molecule has 0 saturated heterocycles. The minimum Gasteiger partial charge on any atom is -0.476 e. The second kappa shape index (κ2) is 2.95. The first-order chi connectivity index (χ1) is 6.20. The largest absolute Gasteiger partial charge is 0.476 e. The lowest BCUT2D eigenvalue weighted by Gasteiger charge is -2.13. The average molecular weight is 199 g/mol. The topological polar surface area (TPSA) is 81.1 Å². The maximum absolute atomic E-state index is 10.8. The third-order valence-corrected chi connectivity index (χ3v) is 2.98. The van der Waals surface area contributed by atoms with E-state index in [2.05, 4.69) is 4.98 Å². The number of imidazole rings is 1. The molecular weight excluding hydrogens is 190 g/mol. The highest BCUT2D eigenvalue weighted by atomic mass is 32.2. The Morgan fingerprint density at radius 3 is 3.15 bits per heavy atom. The Labute approximate surface area is 78.9 Å². The van der Waals surface area contributed by atoms with Crippen molar-refractivity contribution >= 4 is 23.5 Å². The molecule has 0 aliphatic carbocycles. The minimum absolute atomic E-state index is 0.122. The van der Waals surface area contributed by atoms with Gasteiger partial charge in [0.15, 0.2) is 16.7 Å². The molecule has 0 bridgehead atoms. The molecule has 2 rings (SSSR count). The molecule has 0 radical (unpaired) electrons. The number of hydrogen-bond donors (Lipinski definition) is 2. The summed E-state index contributed by atoms with van der Waals surface area (Å²) in [5.41, 5.74) is 5.62. The molecule has 1 aliphatic rings. The van der Waals surface area contributed by atoms with Gasteiger partial charge in [0, 0.05) is 12.3 Å². The Morgan fingerprint density at radius 1 is 1.69 bits per heavy atom. The number of thioether (sulfide) groups is 1. The molecular formula is C7H9N3O2S. The molecule has 0 unspecified atom stereocenters. The minimum atomic E-state index is -1.00. The Morgan fingerprint density at radius 2 is 2.46 bits per heavy atom. The normalized spacial score (nSPS) is 15.4. The van der Waals surface area contributed by atoms with Crippen LogP contribution < -0.4 is 5.73 Å². The van der Waals surface area contributed by atoms with Crippen LogP contribution in [-0.4, -0.2) is 26.4 Å². The number of anilines is 1. The van der Waals surface area contributed by atoms with Crippen LogP contribution in [0.15, 0.2) is 5.16 Å². The molecule has 2 heterocycles. The van der Waals surface area contributed by atoms with Crippen molar-refractivity contribution in [2.24, 2.45) is 0 Å². The first kappa shape index (κ1) is 8.43. The van der Waals surface area contributed by atoms with Crippen LogP contribution in [0.2, 0.25) is 0 Å². The number of aromatic carboxylic acids is 1. The third-order valence-electron chi connectivity index (χ3n) is 1.92. The number of carbonyl (C=O) groups is 1. The van der Waals surface area contributed by atoms with Crippen LogP contribution in [0.5, 0.6) is 0 Å². The van der Waals surface area contributed by atoms with Gasteiger partial charge in [-0.2, -0.15) is 0 Å². The summed E-state index contributed by atoms with van der Waals surface area (Å²) >= 11 is 1.55. The number of hydrogen-bond acceptors (Lipinski definition) is 4. The summed E-state index contributed by atoms with van der Waals surface area (Å²) in [7, 11) is 0. The van der Waals surface area contributed by atoms with E-state index in [0.29, 0.717) is 6.54 Å². The highest BCUT2D eigenvalue weighted by Gasteiger charge is 2.22. The fraction of sp³-hybridized carbons (Fsp3) is 0.429. The van der Waals surface area contributed by atoms with E-state index in [1.54, 1.807) is 16.3 Å². The van der Waals surface area contributed by atoms with Crippen molar-refractivity contribution < 1.29 is 9.90 Å². The van der Waals surface area contributed by atoms with Crippen LogP contribution >= 0.6 is 11.8 Å². The van der Waals surface area contributed by atoms with Crippen LogP contribution in [0, 0.1) is 0 Å². The van der Waals surface area contributed by atoms with Gasteiger partial charge in [0.05, 0.1) is 0 Å². The molecule has 13 heavy (non-hydrogen) atoms. The molecule has 3 N–H and O–H groups in total. The molecule has 0 spiro atoms. The summed E-state index contributed by atoms with van der Waals surface area (Å²) in [6.45, 7) is 0.703. The summed E-state index contributed by atoms with van der Waals surface area (Å²) < 4.78 is 1.67. The summed E-state index contributed by atoms with van der Waals surface area (Å²) in [4.78, 5) is 14.8. The maximum atomic E-state index is 10.8. The summed E-state index contributed by atoms with van der Waals surface area (Å²) in [5, 5.41) is 9.58. The Hall–Kier alpha value is -1.17. The fourth-order valence-electron chi connectivity index (χ4n) is 1.38. The van der Waals surface area contributed by atoms with E-state index in [0.717, 1.165) is 17.3 Å². The van der Waals surface area contributed by atoms with Crippen molar-refractivity contribution in [3.8, 4) is 0 Å². The van der Waals surface area contributed by atoms with Gasteiger partial charge in [0.25, 0.3) is 0 Å². The van der Waals surface area contributed by atoms with Gasteiger partial charge < -0.3 is 15.4 Å². The molecule has 0 amide bonds. The molecule has 6 heteroatoms. The third kappa shape index (κ3) is 1.27. The lowest BCUT2D eigenvalue weighted by molar-refractivity contribution is 0.0685. The first-order valence-electron chi connectivity index (χ1n) is 3.92. The number of fused-ring (bicyclic) bond motifs is 1. The Bertz CT molecular complexity index is 361. The van der Waals surface area contributed by atoms with E-state index in [1.807, 2.05) is 0 Å². The first-order valence-corrected chi connectivity index (χ1v) is 4.91. The number of nitrogens with two attached hydrogens (primary N) is 1. The van der Waals surface area contributed by atoms with Gasteiger partial charge in [0.2, 0.25) is 0 Å². The molecule has 1 aromatic heterocycles. The zero-order valence-corrected chi connectivity index (χ0v) is 7.67. The highest BCUT2D eigenvalue weighted by molar-refractivity contribution is 7.99. The van der Waals surface area contributed by atoms with E-state index >= 15 is 0 Å². The summed E-state index contributed by atoms with van der Waals surface area (Å²) in [6.07, 6.45) is 0.966. The molecule has 0 fully saturated rings. The van der Waals surface area contributed by atoms with Crippen molar-refractivity contribution in [2.45, 2.75) is 18.1 Å². The van der Waals surface area contributed by atoms with Crippen LogP contribution in [0.4, 0.5) is 5.82 Å². The monoisotopic (exact) mass is 199 g/mol. The van der Waals surface area contributed by atoms with Crippen LogP contribution in [0.25, 0.3) is 0 Å². The second-order valence-corrected chi connectivity index (χ2v) is 3.85. The fourth-order valence-corrected chi connectivity index (χ4v) is 2.34. The zero-order valence-electron chi connectivity index (χ0n) is 6.86. The van der Waals surface area contributed by atoms with Crippen LogP contribution in [0.3, 0.4) is 0 Å². The summed E-state index contributed by atoms with van der Waals surface area (Å²) in [6, 6.07) is 0. The van der Waals surface area contributed by atoms with E-state index < -0.39 is 5.97 Å². The number of carboxylic acids is 1. The molecule has 1 aliphatic heterocycles. The molecule has 0 aromatic carbocycles. The average Bonchev–Trinajstić information content (AvgIpc) is 2.39. The van der Waals surface area contributed by atoms with Crippen molar-refractivity contribution in [1.29, 1.82) is 0 Å². The Kier molecular flexibility index (Phi) is 1.91. The molecule has 0 atom stereocenters. The van der Waals surface area contributed by atoms with E-state index in [1.165, 1.54) is 0 Å². The Balaban J connectivity index is 2.54. The molecule has 1 aromatic rings. The van der Waals surface area contributed by atoms with Crippen molar-refractivity contribution in [1.82, 2.24) is 9.55 Å². The molecule has 0 saturated carbocycles. The van der Waals surface area contributed by atoms with Gasteiger partial charge >= 0.3 is 5.97 Å². The van der Waals surface area contributed by atoms with Gasteiger partial charge in [-0.1, -0.05) is 11.8 Å². The number of carboxylic acid groups (broad SMARTS) is 1. The lowest BCUT2D eigenvalue weighted by Crippen LogP contribution is -2.14. The maximum Gasteiger partial charge on any atom is 0.356 e. The lowest BCUT2D eigenvalue weighted by atomic mass is 10.4. The van der Waals surface area contributed by atoms with Crippen molar-refractivity contribution in [3.63, 3.8) is 0 Å². The van der Waals surface area contributed by atoms with E-state index in [9.17, 15) is 4.79 Å². The van der Waals surface area contributed by atoms with Crippen LogP contribution in [0.1, 0.15) is 16.9 Å². The SMILES string of the molecule is Nc1nc2n(c1C(=O)O)CCCS2. The zero-order chi connectivity index (χ0) is 9.42.